The molecule has 1 aromatic rings. The maximum absolute atomic E-state index is 12.6. The largest absolute Gasteiger partial charge is 0.477 e. The molecule has 1 aromatic heterocycles. The maximum Gasteiger partial charge on any atom is 0.354 e. The summed E-state index contributed by atoms with van der Waals surface area (Å²) in [5.41, 5.74) is 0.0203. The molecule has 0 aromatic carbocycles. The van der Waals surface area contributed by atoms with Gasteiger partial charge in [0.15, 0.2) is 0 Å². The van der Waals surface area contributed by atoms with Crippen molar-refractivity contribution < 1.29 is 14.3 Å². The zero-order valence-corrected chi connectivity index (χ0v) is 6.49. The third kappa shape index (κ3) is 1.78. The highest BCUT2D eigenvalue weighted by molar-refractivity contribution is 5.85. The zero-order chi connectivity index (χ0) is 9.14. The highest BCUT2D eigenvalue weighted by Gasteiger charge is 2.08. The van der Waals surface area contributed by atoms with E-state index >= 15 is 0 Å². The quantitative estimate of drug-likeness (QED) is 0.734. The van der Waals surface area contributed by atoms with Crippen LogP contribution < -0.4 is 0 Å². The third-order valence-corrected chi connectivity index (χ3v) is 1.40. The fourth-order valence-corrected chi connectivity index (χ4v) is 0.792. The second kappa shape index (κ2) is 3.30. The Morgan fingerprint density at radius 1 is 1.67 bits per heavy atom. The molecule has 1 unspecified atom stereocenters. The number of pyridine rings is 1. The number of aromatic carboxylic acids is 1. The first-order chi connectivity index (χ1) is 5.61. The Hall–Kier alpha value is -1.45. The molecule has 12 heavy (non-hydrogen) atoms. The Morgan fingerprint density at radius 2 is 2.33 bits per heavy atom. The van der Waals surface area contributed by atoms with Gasteiger partial charge in [-0.05, 0) is 19.1 Å². The second-order valence-corrected chi connectivity index (χ2v) is 2.37. The summed E-state index contributed by atoms with van der Waals surface area (Å²) >= 11 is 0. The van der Waals surface area contributed by atoms with Crippen LogP contribution in [0, 0.1) is 0 Å². The fourth-order valence-electron chi connectivity index (χ4n) is 0.792. The molecule has 0 saturated heterocycles. The molecule has 0 saturated carbocycles. The Kier molecular flexibility index (Phi) is 2.38. The van der Waals surface area contributed by atoms with Gasteiger partial charge in [-0.15, -0.1) is 0 Å². The minimum absolute atomic E-state index is 0.128. The minimum atomic E-state index is -1.23. The molecule has 0 bridgehead atoms. The number of carboxylic acids is 1. The number of hydrogen-bond donors (Lipinski definition) is 1. The molecule has 3 nitrogen and oxygen atoms in total. The SMILES string of the molecule is CC(F)c1cccc(C(=O)O)n1. The van der Waals surface area contributed by atoms with Crippen LogP contribution in [0.15, 0.2) is 18.2 Å². The summed E-state index contributed by atoms with van der Waals surface area (Å²) in [4.78, 5) is 14.0. The number of nitrogens with zero attached hydrogens (tertiary/aromatic N) is 1. The van der Waals surface area contributed by atoms with E-state index in [-0.39, 0.29) is 11.4 Å². The van der Waals surface area contributed by atoms with E-state index in [2.05, 4.69) is 4.98 Å². The average molecular weight is 169 g/mol. The molecule has 0 aliphatic heterocycles. The van der Waals surface area contributed by atoms with Crippen LogP contribution in [-0.4, -0.2) is 16.1 Å². The van der Waals surface area contributed by atoms with E-state index < -0.39 is 12.1 Å². The molecule has 64 valence electrons. The molecular formula is C8H8FNO2. The van der Waals surface area contributed by atoms with Gasteiger partial charge in [0.05, 0.1) is 5.69 Å². The van der Waals surface area contributed by atoms with Gasteiger partial charge in [0.1, 0.15) is 11.9 Å². The first kappa shape index (κ1) is 8.64. The number of aromatic nitrogens is 1. The topological polar surface area (TPSA) is 50.2 Å². The van der Waals surface area contributed by atoms with Crippen molar-refractivity contribution in [3.8, 4) is 0 Å². The standard InChI is InChI=1S/C8H8FNO2/c1-5(9)6-3-2-4-7(10-6)8(11)12/h2-5H,1H3,(H,11,12). The van der Waals surface area contributed by atoms with Crippen LogP contribution in [0.1, 0.15) is 29.3 Å². The van der Waals surface area contributed by atoms with Crippen LogP contribution >= 0.6 is 0 Å². The molecule has 0 fully saturated rings. The van der Waals surface area contributed by atoms with E-state index in [4.69, 9.17) is 5.11 Å². The lowest BCUT2D eigenvalue weighted by molar-refractivity contribution is 0.0690. The lowest BCUT2D eigenvalue weighted by Crippen LogP contribution is -2.02. The van der Waals surface area contributed by atoms with Crippen molar-refractivity contribution >= 4 is 5.97 Å². The molecule has 1 heterocycles. The van der Waals surface area contributed by atoms with E-state index in [9.17, 15) is 9.18 Å². The first-order valence-electron chi connectivity index (χ1n) is 3.45. The van der Waals surface area contributed by atoms with E-state index in [1.807, 2.05) is 0 Å². The van der Waals surface area contributed by atoms with Crippen molar-refractivity contribution in [1.82, 2.24) is 4.98 Å². The van der Waals surface area contributed by atoms with E-state index in [0.717, 1.165) is 0 Å². The summed E-state index contributed by atoms with van der Waals surface area (Å²) in [6, 6.07) is 4.26. The number of carboxylic acid groups (broad SMARTS) is 1. The van der Waals surface area contributed by atoms with Crippen LogP contribution in [0.2, 0.25) is 0 Å². The Bertz CT molecular complexity index is 299. The summed E-state index contributed by atoms with van der Waals surface area (Å²) < 4.78 is 12.6. The molecule has 0 radical (unpaired) electrons. The Balaban J connectivity index is 3.04. The van der Waals surface area contributed by atoms with Crippen LogP contribution in [0.25, 0.3) is 0 Å². The van der Waals surface area contributed by atoms with Gasteiger partial charge in [-0.3, -0.25) is 0 Å². The van der Waals surface area contributed by atoms with Crippen molar-refractivity contribution in [2.45, 2.75) is 13.1 Å². The van der Waals surface area contributed by atoms with Crippen LogP contribution in [0.3, 0.4) is 0 Å². The maximum atomic E-state index is 12.6. The van der Waals surface area contributed by atoms with Crippen molar-refractivity contribution in [3.05, 3.63) is 29.6 Å². The van der Waals surface area contributed by atoms with Crippen molar-refractivity contribution in [2.24, 2.45) is 0 Å². The molecule has 0 aliphatic rings. The molecule has 1 rings (SSSR count). The van der Waals surface area contributed by atoms with Gasteiger partial charge in [-0.25, -0.2) is 14.2 Å². The predicted molar refractivity (Wildman–Crippen MR) is 40.7 cm³/mol. The monoisotopic (exact) mass is 169 g/mol. The zero-order valence-electron chi connectivity index (χ0n) is 6.49. The van der Waals surface area contributed by atoms with Crippen LogP contribution in [0.4, 0.5) is 4.39 Å². The molecule has 1 N–H and O–H groups in total. The third-order valence-electron chi connectivity index (χ3n) is 1.40. The highest BCUT2D eigenvalue weighted by atomic mass is 19.1. The normalized spacial score (nSPS) is 12.5. The predicted octanol–water partition coefficient (Wildman–Crippen LogP) is 1.81. The van der Waals surface area contributed by atoms with Gasteiger partial charge in [-0.1, -0.05) is 6.07 Å². The minimum Gasteiger partial charge on any atom is -0.477 e. The summed E-state index contributed by atoms with van der Waals surface area (Å²) in [5.74, 6) is -1.14. The lowest BCUT2D eigenvalue weighted by Gasteiger charge is -2.00. The highest BCUT2D eigenvalue weighted by Crippen LogP contribution is 2.13. The number of hydrogen-bond acceptors (Lipinski definition) is 2. The molecule has 0 aliphatic carbocycles. The van der Waals surface area contributed by atoms with Crippen molar-refractivity contribution in [1.29, 1.82) is 0 Å². The number of carbonyl (C=O) groups is 1. The summed E-state index contributed by atoms with van der Waals surface area (Å²) in [7, 11) is 0. The fraction of sp³-hybridized carbons (Fsp3) is 0.250. The van der Waals surface area contributed by atoms with Gasteiger partial charge in [0, 0.05) is 0 Å². The molecule has 4 heteroatoms. The number of alkyl halides is 1. The van der Waals surface area contributed by atoms with E-state index in [1.54, 1.807) is 0 Å². The Morgan fingerprint density at radius 3 is 2.83 bits per heavy atom. The van der Waals surface area contributed by atoms with Gasteiger partial charge >= 0.3 is 5.97 Å². The molecular weight excluding hydrogens is 161 g/mol. The van der Waals surface area contributed by atoms with Crippen molar-refractivity contribution in [2.75, 3.05) is 0 Å². The van der Waals surface area contributed by atoms with Crippen LogP contribution in [-0.2, 0) is 0 Å². The second-order valence-electron chi connectivity index (χ2n) is 2.37. The van der Waals surface area contributed by atoms with Gasteiger partial charge in [0.25, 0.3) is 0 Å². The Labute approximate surface area is 68.9 Å². The number of halogens is 1. The van der Waals surface area contributed by atoms with Gasteiger partial charge in [0.2, 0.25) is 0 Å². The van der Waals surface area contributed by atoms with Gasteiger partial charge in [-0.2, -0.15) is 0 Å². The summed E-state index contributed by atoms with van der Waals surface area (Å²) in [5, 5.41) is 8.51. The summed E-state index contributed by atoms with van der Waals surface area (Å²) in [6.45, 7) is 1.31. The average Bonchev–Trinajstić information content (AvgIpc) is 2.04. The molecule has 0 amide bonds. The van der Waals surface area contributed by atoms with Crippen molar-refractivity contribution in [3.63, 3.8) is 0 Å². The van der Waals surface area contributed by atoms with Crippen LogP contribution in [0.5, 0.6) is 0 Å². The first-order valence-corrected chi connectivity index (χ1v) is 3.45. The summed E-state index contributed by atoms with van der Waals surface area (Å²) in [6.07, 6.45) is -1.23. The van der Waals surface area contributed by atoms with Gasteiger partial charge < -0.3 is 5.11 Å². The van der Waals surface area contributed by atoms with E-state index in [1.165, 1.54) is 25.1 Å². The number of rotatable bonds is 2. The lowest BCUT2D eigenvalue weighted by atomic mass is 10.2. The van der Waals surface area contributed by atoms with E-state index in [0.29, 0.717) is 0 Å². The smallest absolute Gasteiger partial charge is 0.354 e. The molecule has 1 atom stereocenters. The molecule has 0 spiro atoms.